The molecule has 32 heavy (non-hydrogen) atoms. The monoisotopic (exact) mass is 464 g/mol. The zero-order valence-corrected chi connectivity index (χ0v) is 18.9. The summed E-state index contributed by atoms with van der Waals surface area (Å²) >= 11 is 5.83. The van der Waals surface area contributed by atoms with Crippen molar-refractivity contribution in [2.24, 2.45) is 20.0 Å². The Labute approximate surface area is 188 Å². The van der Waals surface area contributed by atoms with Crippen LogP contribution < -0.4 is 22.3 Å². The van der Waals surface area contributed by atoms with Gasteiger partial charge in [-0.1, -0.05) is 31.9 Å². The smallest absolute Gasteiger partial charge is 0.332 e. The van der Waals surface area contributed by atoms with Crippen molar-refractivity contribution >= 4 is 35.1 Å². The molecule has 0 aliphatic rings. The molecular formula is C21H25ClN4O6. The van der Waals surface area contributed by atoms with Crippen LogP contribution in [-0.4, -0.2) is 39.4 Å². The summed E-state index contributed by atoms with van der Waals surface area (Å²) in [6.45, 7) is 2.80. The van der Waals surface area contributed by atoms with Gasteiger partial charge in [0.1, 0.15) is 17.4 Å². The van der Waals surface area contributed by atoms with E-state index in [2.05, 4.69) is 5.32 Å². The molecule has 2 aromatic rings. The van der Waals surface area contributed by atoms with Gasteiger partial charge < -0.3 is 15.8 Å². The number of ether oxygens (including phenoxy) is 1. The molecule has 0 spiro atoms. The van der Waals surface area contributed by atoms with Gasteiger partial charge in [0.15, 0.2) is 6.61 Å². The number of nitrogens with one attached hydrogen (secondary N) is 1. The minimum Gasteiger partial charge on any atom is -0.456 e. The van der Waals surface area contributed by atoms with Gasteiger partial charge in [-0.25, -0.2) is 9.59 Å². The van der Waals surface area contributed by atoms with Crippen LogP contribution in [0.2, 0.25) is 5.02 Å². The molecule has 1 aromatic carbocycles. The minimum atomic E-state index is -1.03. The fourth-order valence-corrected chi connectivity index (χ4v) is 3.04. The van der Waals surface area contributed by atoms with Gasteiger partial charge in [0.25, 0.3) is 11.5 Å². The van der Waals surface area contributed by atoms with Crippen LogP contribution in [0.25, 0.3) is 0 Å². The molecule has 0 saturated carbocycles. The first-order chi connectivity index (χ1) is 15.0. The number of hydrogen-bond donors (Lipinski definition) is 2. The second-order valence-corrected chi connectivity index (χ2v) is 7.78. The summed E-state index contributed by atoms with van der Waals surface area (Å²) in [6.07, 6.45) is 0.545. The highest BCUT2D eigenvalue weighted by Crippen LogP contribution is 2.14. The number of carbonyl (C=O) groups excluding carboxylic acids is 3. The number of amides is 1. The lowest BCUT2D eigenvalue weighted by Gasteiger charge is -2.22. The van der Waals surface area contributed by atoms with E-state index in [0.717, 1.165) is 9.13 Å². The normalized spacial score (nSPS) is 12.7. The van der Waals surface area contributed by atoms with Crippen LogP contribution in [0, 0.1) is 5.92 Å². The van der Waals surface area contributed by atoms with E-state index in [1.165, 1.54) is 26.2 Å². The number of nitrogens with two attached hydrogens (primary N) is 1. The predicted octanol–water partition coefficient (Wildman–Crippen LogP) is 0.890. The summed E-state index contributed by atoms with van der Waals surface area (Å²) in [5.41, 5.74) is 4.02. The molecule has 172 valence electrons. The lowest BCUT2D eigenvalue weighted by molar-refractivity contribution is -0.146. The van der Waals surface area contributed by atoms with Gasteiger partial charge in [-0.2, -0.15) is 0 Å². The summed E-state index contributed by atoms with van der Waals surface area (Å²) < 4.78 is 6.79. The third kappa shape index (κ3) is 5.25. The number of benzene rings is 1. The number of aromatic nitrogens is 2. The average molecular weight is 465 g/mol. The standard InChI is InChI=1S/C21H25ClN4O6/c1-5-11(2)16(24-18(28)12-6-8-13(22)9-7-12)20(30)32-10-14(27)15-17(23)25(3)21(31)26(4)19(15)29/h6-9,11,16H,5,10,23H2,1-4H3,(H,24,28). The van der Waals surface area contributed by atoms with Crippen LogP contribution in [-0.2, 0) is 23.6 Å². The average Bonchev–Trinajstić information content (AvgIpc) is 2.78. The van der Waals surface area contributed by atoms with Crippen molar-refractivity contribution in [2.45, 2.75) is 26.3 Å². The Bertz CT molecular complexity index is 1150. The SMILES string of the molecule is CCC(C)C(NC(=O)c1ccc(Cl)cc1)C(=O)OCC(=O)c1c(N)n(C)c(=O)n(C)c1=O. The number of anilines is 1. The highest BCUT2D eigenvalue weighted by atomic mass is 35.5. The van der Waals surface area contributed by atoms with E-state index in [0.29, 0.717) is 17.0 Å². The second-order valence-electron chi connectivity index (χ2n) is 7.34. The van der Waals surface area contributed by atoms with Crippen molar-refractivity contribution < 1.29 is 19.1 Å². The molecule has 1 amide bonds. The number of carbonyl (C=O) groups is 3. The third-order valence-electron chi connectivity index (χ3n) is 5.19. The first kappa shape index (κ1) is 24.9. The summed E-state index contributed by atoms with van der Waals surface area (Å²) in [6, 6.07) is 5.08. The van der Waals surface area contributed by atoms with Crippen molar-refractivity contribution in [3.63, 3.8) is 0 Å². The van der Waals surface area contributed by atoms with Gasteiger partial charge in [-0.05, 0) is 30.2 Å². The first-order valence-corrected chi connectivity index (χ1v) is 10.2. The van der Waals surface area contributed by atoms with Crippen LogP contribution in [0.4, 0.5) is 5.82 Å². The molecule has 3 N–H and O–H groups in total. The topological polar surface area (TPSA) is 142 Å². The second kappa shape index (κ2) is 10.3. The van der Waals surface area contributed by atoms with Crippen LogP contribution >= 0.6 is 11.6 Å². The Morgan fingerprint density at radius 1 is 1.12 bits per heavy atom. The number of nitrogen functional groups attached to an aromatic ring is 1. The lowest BCUT2D eigenvalue weighted by Crippen LogP contribution is -2.46. The number of rotatable bonds is 8. The fraction of sp³-hybridized carbons (Fsp3) is 0.381. The molecule has 0 aliphatic heterocycles. The zero-order valence-electron chi connectivity index (χ0n) is 18.2. The van der Waals surface area contributed by atoms with Crippen molar-refractivity contribution in [2.75, 3.05) is 12.3 Å². The molecule has 2 atom stereocenters. The van der Waals surface area contributed by atoms with E-state index in [1.54, 1.807) is 19.1 Å². The molecule has 0 bridgehead atoms. The van der Waals surface area contributed by atoms with Crippen LogP contribution in [0.15, 0.2) is 33.9 Å². The van der Waals surface area contributed by atoms with Crippen LogP contribution in [0.1, 0.15) is 41.0 Å². The number of ketones is 1. The Hall–Kier alpha value is -3.40. The van der Waals surface area contributed by atoms with Gasteiger partial charge in [0.05, 0.1) is 0 Å². The van der Waals surface area contributed by atoms with Gasteiger partial charge in [0.2, 0.25) is 5.78 Å². The van der Waals surface area contributed by atoms with Crippen molar-refractivity contribution in [3.8, 4) is 0 Å². The van der Waals surface area contributed by atoms with Gasteiger partial charge in [-0.3, -0.25) is 23.5 Å². The molecule has 11 heteroatoms. The molecule has 0 radical (unpaired) electrons. The quantitative estimate of drug-likeness (QED) is 0.436. The van der Waals surface area contributed by atoms with E-state index < -0.39 is 47.1 Å². The number of hydrogen-bond acceptors (Lipinski definition) is 7. The highest BCUT2D eigenvalue weighted by Gasteiger charge is 2.29. The van der Waals surface area contributed by atoms with Gasteiger partial charge in [-0.15, -0.1) is 0 Å². The van der Waals surface area contributed by atoms with Crippen LogP contribution in [0.5, 0.6) is 0 Å². The van der Waals surface area contributed by atoms with Gasteiger partial charge >= 0.3 is 11.7 Å². The molecule has 1 aromatic heterocycles. The number of esters is 1. The Morgan fingerprint density at radius 3 is 2.28 bits per heavy atom. The Morgan fingerprint density at radius 2 is 1.72 bits per heavy atom. The molecule has 2 unspecified atom stereocenters. The maximum Gasteiger partial charge on any atom is 0.332 e. The summed E-state index contributed by atoms with van der Waals surface area (Å²) in [7, 11) is 2.52. The van der Waals surface area contributed by atoms with Crippen molar-refractivity contribution in [1.29, 1.82) is 0 Å². The molecule has 0 aliphatic carbocycles. The molecule has 0 saturated heterocycles. The maximum absolute atomic E-state index is 12.7. The van der Waals surface area contributed by atoms with Gasteiger partial charge in [0, 0.05) is 24.7 Å². The summed E-state index contributed by atoms with van der Waals surface area (Å²) in [5, 5.41) is 3.07. The molecule has 1 heterocycles. The first-order valence-electron chi connectivity index (χ1n) is 9.81. The van der Waals surface area contributed by atoms with E-state index in [4.69, 9.17) is 22.1 Å². The third-order valence-corrected chi connectivity index (χ3v) is 5.45. The van der Waals surface area contributed by atoms with E-state index in [9.17, 15) is 24.0 Å². The Balaban J connectivity index is 2.18. The Kier molecular flexibility index (Phi) is 7.98. The molecular weight excluding hydrogens is 440 g/mol. The largest absolute Gasteiger partial charge is 0.456 e. The summed E-state index contributed by atoms with van der Waals surface area (Å²) in [4.78, 5) is 62.0. The minimum absolute atomic E-state index is 0.299. The van der Waals surface area contributed by atoms with Crippen LogP contribution in [0.3, 0.4) is 0 Å². The van der Waals surface area contributed by atoms with E-state index in [1.807, 2.05) is 6.92 Å². The van der Waals surface area contributed by atoms with Crippen molar-refractivity contribution in [1.82, 2.24) is 14.5 Å². The van der Waals surface area contributed by atoms with E-state index >= 15 is 0 Å². The van der Waals surface area contributed by atoms with E-state index in [-0.39, 0.29) is 11.7 Å². The summed E-state index contributed by atoms with van der Waals surface area (Å²) in [5.74, 6) is -2.83. The number of halogens is 1. The van der Waals surface area contributed by atoms with Crippen molar-refractivity contribution in [3.05, 3.63) is 61.3 Å². The molecule has 2 rings (SSSR count). The molecule has 10 nitrogen and oxygen atoms in total. The molecule has 0 fully saturated rings. The lowest BCUT2D eigenvalue weighted by atomic mass is 9.98. The fourth-order valence-electron chi connectivity index (χ4n) is 2.92. The zero-order chi connectivity index (χ0) is 24.2. The number of nitrogens with zero attached hydrogens (tertiary/aromatic N) is 2. The maximum atomic E-state index is 12.7. The number of Topliss-reactive ketones (excluding diaryl/α,β-unsaturated/α-hetero) is 1. The predicted molar refractivity (Wildman–Crippen MR) is 119 cm³/mol. The highest BCUT2D eigenvalue weighted by molar-refractivity contribution is 6.30.